The first kappa shape index (κ1) is 12.7. The van der Waals surface area contributed by atoms with Gasteiger partial charge in [-0.15, -0.1) is 0 Å². The zero-order chi connectivity index (χ0) is 12.0. The Labute approximate surface area is 96.3 Å². The summed E-state index contributed by atoms with van der Waals surface area (Å²) >= 11 is 0. The topological polar surface area (TPSA) is 59.0 Å². The Morgan fingerprint density at radius 3 is 2.94 bits per heavy atom. The van der Waals surface area contributed by atoms with Crippen molar-refractivity contribution in [1.29, 1.82) is 0 Å². The van der Waals surface area contributed by atoms with Crippen LogP contribution in [0.15, 0.2) is 12.4 Å². The summed E-state index contributed by atoms with van der Waals surface area (Å²) in [5.74, 6) is 0.909. The first-order chi connectivity index (χ1) is 7.63. The van der Waals surface area contributed by atoms with Crippen molar-refractivity contribution in [1.82, 2.24) is 20.2 Å². The van der Waals surface area contributed by atoms with Gasteiger partial charge in [-0.1, -0.05) is 13.8 Å². The fourth-order valence-corrected chi connectivity index (χ4v) is 1.35. The van der Waals surface area contributed by atoms with Gasteiger partial charge in [0.1, 0.15) is 12.4 Å². The van der Waals surface area contributed by atoms with Crippen LogP contribution in [-0.4, -0.2) is 28.0 Å². The second-order valence-electron chi connectivity index (χ2n) is 3.96. The molecule has 0 fully saturated rings. The molecule has 5 nitrogen and oxygen atoms in total. The van der Waals surface area contributed by atoms with Gasteiger partial charge in [0.2, 0.25) is 5.91 Å². The Morgan fingerprint density at radius 2 is 2.31 bits per heavy atom. The molecule has 5 heteroatoms. The van der Waals surface area contributed by atoms with Crippen LogP contribution in [0.25, 0.3) is 0 Å². The molecule has 0 saturated carbocycles. The zero-order valence-electron chi connectivity index (χ0n) is 10.2. The van der Waals surface area contributed by atoms with E-state index in [4.69, 9.17) is 0 Å². The molecule has 0 aliphatic rings. The maximum Gasteiger partial charge on any atom is 0.239 e. The third-order valence-electron chi connectivity index (χ3n) is 2.16. The van der Waals surface area contributed by atoms with E-state index < -0.39 is 0 Å². The van der Waals surface area contributed by atoms with Gasteiger partial charge >= 0.3 is 0 Å². The van der Waals surface area contributed by atoms with Crippen molar-refractivity contribution in [2.45, 2.75) is 39.9 Å². The van der Waals surface area contributed by atoms with Crippen LogP contribution in [0.5, 0.6) is 0 Å². The molecular formula is C11H20N4O. The van der Waals surface area contributed by atoms with E-state index in [9.17, 15) is 4.79 Å². The molecule has 0 spiro atoms. The Hall–Kier alpha value is -1.36. The van der Waals surface area contributed by atoms with Gasteiger partial charge in [0.15, 0.2) is 0 Å². The number of amides is 1. The van der Waals surface area contributed by atoms with Crippen molar-refractivity contribution in [2.24, 2.45) is 0 Å². The Bertz CT molecular complexity index is 332. The molecule has 0 bridgehead atoms. The average Bonchev–Trinajstić information content (AvgIpc) is 2.62. The van der Waals surface area contributed by atoms with E-state index >= 15 is 0 Å². The number of nitrogens with zero attached hydrogens (tertiary/aromatic N) is 2. The molecular weight excluding hydrogens is 204 g/mol. The monoisotopic (exact) mass is 224 g/mol. The smallest absolute Gasteiger partial charge is 0.239 e. The van der Waals surface area contributed by atoms with Crippen molar-refractivity contribution in [3.8, 4) is 0 Å². The van der Waals surface area contributed by atoms with Crippen molar-refractivity contribution >= 4 is 5.91 Å². The van der Waals surface area contributed by atoms with Gasteiger partial charge in [0.05, 0.1) is 6.54 Å². The van der Waals surface area contributed by atoms with Gasteiger partial charge in [-0.05, 0) is 6.92 Å². The molecule has 16 heavy (non-hydrogen) atoms. The number of imidazole rings is 1. The van der Waals surface area contributed by atoms with Gasteiger partial charge in [-0.2, -0.15) is 0 Å². The van der Waals surface area contributed by atoms with Crippen LogP contribution >= 0.6 is 0 Å². The lowest BCUT2D eigenvalue weighted by Crippen LogP contribution is -2.29. The normalized spacial score (nSPS) is 10.8. The highest BCUT2D eigenvalue weighted by atomic mass is 16.1. The largest absolute Gasteiger partial charge is 0.355 e. The molecule has 1 heterocycles. The minimum absolute atomic E-state index is 0.0197. The summed E-state index contributed by atoms with van der Waals surface area (Å²) in [7, 11) is 0. The molecule has 1 amide bonds. The van der Waals surface area contributed by atoms with E-state index in [2.05, 4.69) is 29.5 Å². The fraction of sp³-hybridized carbons (Fsp3) is 0.636. The third kappa shape index (κ3) is 4.02. The number of carbonyl (C=O) groups excluding carboxylic acids is 1. The van der Waals surface area contributed by atoms with Gasteiger partial charge in [0, 0.05) is 25.0 Å². The molecule has 1 aromatic heterocycles. The van der Waals surface area contributed by atoms with Crippen molar-refractivity contribution < 1.29 is 4.79 Å². The Morgan fingerprint density at radius 1 is 1.56 bits per heavy atom. The van der Waals surface area contributed by atoms with E-state index in [1.807, 2.05) is 17.7 Å². The number of nitrogens with one attached hydrogen (secondary N) is 2. The van der Waals surface area contributed by atoms with E-state index in [0.717, 1.165) is 5.82 Å². The summed E-state index contributed by atoms with van der Waals surface area (Å²) in [6, 6.07) is 0.412. The van der Waals surface area contributed by atoms with E-state index in [1.165, 1.54) is 0 Å². The number of rotatable bonds is 6. The number of hydrogen-bond acceptors (Lipinski definition) is 3. The second-order valence-corrected chi connectivity index (χ2v) is 3.96. The molecule has 0 aliphatic carbocycles. The van der Waals surface area contributed by atoms with Gasteiger partial charge < -0.3 is 15.2 Å². The predicted octanol–water partition coefficient (Wildman–Crippen LogP) is 0.517. The van der Waals surface area contributed by atoms with Crippen LogP contribution in [0.3, 0.4) is 0 Å². The second kappa shape index (κ2) is 6.27. The minimum Gasteiger partial charge on any atom is -0.355 e. The highest BCUT2D eigenvalue weighted by Crippen LogP contribution is 1.98. The third-order valence-corrected chi connectivity index (χ3v) is 2.16. The number of hydrogen-bond donors (Lipinski definition) is 2. The molecule has 2 N–H and O–H groups in total. The number of likely N-dealkylation sites (N-methyl/N-ethyl adjacent to an activating group) is 1. The van der Waals surface area contributed by atoms with E-state index in [0.29, 0.717) is 25.7 Å². The maximum atomic E-state index is 11.4. The lowest BCUT2D eigenvalue weighted by atomic mass is 10.4. The van der Waals surface area contributed by atoms with Crippen molar-refractivity contribution in [2.75, 3.05) is 6.54 Å². The summed E-state index contributed by atoms with van der Waals surface area (Å²) in [5.41, 5.74) is 0. The van der Waals surface area contributed by atoms with Crippen molar-refractivity contribution in [3.63, 3.8) is 0 Å². The van der Waals surface area contributed by atoms with Crippen LogP contribution in [0, 0.1) is 0 Å². The van der Waals surface area contributed by atoms with Gasteiger partial charge in [0.25, 0.3) is 0 Å². The Kier molecular flexibility index (Phi) is 4.98. The number of aromatic nitrogens is 2. The molecule has 0 aliphatic heterocycles. The van der Waals surface area contributed by atoms with Gasteiger partial charge in [-0.3, -0.25) is 4.79 Å². The van der Waals surface area contributed by atoms with E-state index in [-0.39, 0.29) is 5.91 Å². The van der Waals surface area contributed by atoms with Crippen LogP contribution in [0.4, 0.5) is 0 Å². The molecule has 0 saturated heterocycles. The zero-order valence-corrected chi connectivity index (χ0v) is 10.2. The first-order valence-electron chi connectivity index (χ1n) is 5.63. The van der Waals surface area contributed by atoms with Gasteiger partial charge in [-0.25, -0.2) is 4.98 Å². The van der Waals surface area contributed by atoms with Crippen molar-refractivity contribution in [3.05, 3.63) is 18.2 Å². The predicted molar refractivity (Wildman–Crippen MR) is 62.9 cm³/mol. The lowest BCUT2D eigenvalue weighted by Gasteiger charge is -2.10. The molecule has 1 aromatic rings. The highest BCUT2D eigenvalue weighted by molar-refractivity contribution is 5.75. The van der Waals surface area contributed by atoms with Crippen LogP contribution in [-0.2, 0) is 17.9 Å². The molecule has 0 atom stereocenters. The van der Waals surface area contributed by atoms with Crippen LogP contribution in [0.1, 0.15) is 26.6 Å². The van der Waals surface area contributed by atoms with Crippen LogP contribution < -0.4 is 10.6 Å². The highest BCUT2D eigenvalue weighted by Gasteiger charge is 2.06. The summed E-state index contributed by atoms with van der Waals surface area (Å²) in [4.78, 5) is 15.6. The molecule has 0 unspecified atom stereocenters. The fourth-order valence-electron chi connectivity index (χ4n) is 1.35. The van der Waals surface area contributed by atoms with Crippen LogP contribution in [0.2, 0.25) is 0 Å². The standard InChI is InChI=1S/C11H20N4O/c1-4-12-11(16)8-15-6-5-13-10(15)7-14-9(2)3/h5-6,9,14H,4,7-8H2,1-3H3,(H,12,16). The molecule has 0 aromatic carbocycles. The quantitative estimate of drug-likeness (QED) is 0.740. The summed E-state index contributed by atoms with van der Waals surface area (Å²) in [6.07, 6.45) is 3.54. The summed E-state index contributed by atoms with van der Waals surface area (Å²) < 4.78 is 1.86. The first-order valence-corrected chi connectivity index (χ1v) is 5.63. The maximum absolute atomic E-state index is 11.4. The SMILES string of the molecule is CCNC(=O)Cn1ccnc1CNC(C)C. The van der Waals surface area contributed by atoms with E-state index in [1.54, 1.807) is 6.20 Å². The number of carbonyl (C=O) groups is 1. The molecule has 90 valence electrons. The molecule has 0 radical (unpaired) electrons. The Balaban J connectivity index is 2.53. The average molecular weight is 224 g/mol. The minimum atomic E-state index is 0.0197. The summed E-state index contributed by atoms with van der Waals surface area (Å²) in [6.45, 7) is 7.75. The summed E-state index contributed by atoms with van der Waals surface area (Å²) in [5, 5.41) is 6.05. The molecule has 1 rings (SSSR count). The lowest BCUT2D eigenvalue weighted by molar-refractivity contribution is -0.121.